The molecular weight excluding hydrogens is 256 g/mol. The van der Waals surface area contributed by atoms with Crippen molar-refractivity contribution in [3.8, 4) is 0 Å². The predicted molar refractivity (Wildman–Crippen MR) is 82.2 cm³/mol. The van der Waals surface area contributed by atoms with Crippen LogP contribution in [0.25, 0.3) is 0 Å². The van der Waals surface area contributed by atoms with E-state index in [2.05, 4.69) is 27.8 Å². The number of hydrogen-bond donors (Lipinski definition) is 1. The van der Waals surface area contributed by atoms with E-state index in [-0.39, 0.29) is 6.04 Å². The van der Waals surface area contributed by atoms with Crippen molar-refractivity contribution in [3.05, 3.63) is 30.1 Å². The van der Waals surface area contributed by atoms with Crippen LogP contribution in [0.2, 0.25) is 0 Å². The second-order valence-corrected chi connectivity index (χ2v) is 5.50. The van der Waals surface area contributed by atoms with E-state index >= 15 is 0 Å². The minimum absolute atomic E-state index is 0.216. The molecule has 0 saturated carbocycles. The molecular formula is C14H22N4S. The van der Waals surface area contributed by atoms with Crippen LogP contribution in [0, 0.1) is 0 Å². The van der Waals surface area contributed by atoms with Gasteiger partial charge in [0.15, 0.2) is 0 Å². The summed E-state index contributed by atoms with van der Waals surface area (Å²) in [6.07, 6.45) is 2.88. The number of piperazine rings is 1. The first-order valence-electron chi connectivity index (χ1n) is 6.82. The summed E-state index contributed by atoms with van der Waals surface area (Å²) < 4.78 is 0. The molecule has 104 valence electrons. The van der Waals surface area contributed by atoms with Crippen LogP contribution >= 0.6 is 12.2 Å². The zero-order valence-corrected chi connectivity index (χ0v) is 12.3. The molecule has 0 radical (unpaired) electrons. The summed E-state index contributed by atoms with van der Waals surface area (Å²) in [7, 11) is 0. The minimum Gasteiger partial charge on any atom is -0.392 e. The first kappa shape index (κ1) is 14.4. The van der Waals surface area contributed by atoms with Crippen LogP contribution in [-0.4, -0.2) is 58.5 Å². The summed E-state index contributed by atoms with van der Waals surface area (Å²) in [4.78, 5) is 9.80. The molecule has 5 heteroatoms. The zero-order valence-electron chi connectivity index (χ0n) is 11.5. The van der Waals surface area contributed by atoms with E-state index in [9.17, 15) is 0 Å². The Labute approximate surface area is 120 Å². The van der Waals surface area contributed by atoms with Gasteiger partial charge in [0, 0.05) is 51.0 Å². The quantitative estimate of drug-likeness (QED) is 0.811. The lowest BCUT2D eigenvalue weighted by Gasteiger charge is -2.37. The Morgan fingerprint density at radius 2 is 2.11 bits per heavy atom. The number of rotatable bonds is 5. The highest BCUT2D eigenvalue weighted by molar-refractivity contribution is 7.80. The van der Waals surface area contributed by atoms with Gasteiger partial charge in [-0.15, -0.1) is 0 Å². The smallest absolute Gasteiger partial charge is 0.0899 e. The van der Waals surface area contributed by atoms with Gasteiger partial charge in [-0.2, -0.15) is 0 Å². The predicted octanol–water partition coefficient (Wildman–Crippen LogP) is 0.916. The van der Waals surface area contributed by atoms with E-state index in [1.807, 2.05) is 18.3 Å². The maximum Gasteiger partial charge on any atom is 0.0899 e. The minimum atomic E-state index is 0.216. The fraction of sp³-hybridized carbons (Fsp3) is 0.571. The van der Waals surface area contributed by atoms with Gasteiger partial charge in [-0.3, -0.25) is 9.88 Å². The molecule has 1 aliphatic heterocycles. The summed E-state index contributed by atoms with van der Waals surface area (Å²) >= 11 is 5.06. The van der Waals surface area contributed by atoms with Crippen LogP contribution in [0.15, 0.2) is 24.4 Å². The van der Waals surface area contributed by atoms with Crippen molar-refractivity contribution in [1.29, 1.82) is 0 Å². The Bertz CT molecular complexity index is 401. The Morgan fingerprint density at radius 1 is 1.37 bits per heavy atom. The molecule has 0 bridgehead atoms. The molecule has 1 fully saturated rings. The van der Waals surface area contributed by atoms with Crippen LogP contribution in [0.5, 0.6) is 0 Å². The SMILES string of the molecule is CC(C(N)=S)N1CCN(CCc2ccccn2)CC1. The van der Waals surface area contributed by atoms with E-state index in [0.717, 1.165) is 39.1 Å². The fourth-order valence-corrected chi connectivity index (χ4v) is 2.52. The van der Waals surface area contributed by atoms with E-state index in [4.69, 9.17) is 18.0 Å². The standard InChI is InChI=1S/C14H22N4S/c1-12(14(15)19)18-10-8-17(9-11-18)7-5-13-4-2-3-6-16-13/h2-4,6,12H,5,7-11H2,1H3,(H2,15,19). The Balaban J connectivity index is 1.73. The molecule has 0 aliphatic carbocycles. The maximum absolute atomic E-state index is 5.70. The molecule has 0 amide bonds. The average molecular weight is 278 g/mol. The van der Waals surface area contributed by atoms with Crippen molar-refractivity contribution >= 4 is 17.2 Å². The highest BCUT2D eigenvalue weighted by Crippen LogP contribution is 2.07. The summed E-state index contributed by atoms with van der Waals surface area (Å²) in [6.45, 7) is 7.42. The number of pyridine rings is 1. The fourth-order valence-electron chi connectivity index (χ4n) is 2.37. The third kappa shape index (κ3) is 4.23. The first-order chi connectivity index (χ1) is 9.16. The van der Waals surface area contributed by atoms with Crippen molar-refractivity contribution in [3.63, 3.8) is 0 Å². The van der Waals surface area contributed by atoms with Crippen LogP contribution < -0.4 is 5.73 Å². The van der Waals surface area contributed by atoms with Gasteiger partial charge in [0.25, 0.3) is 0 Å². The van der Waals surface area contributed by atoms with Gasteiger partial charge in [0.1, 0.15) is 0 Å². The van der Waals surface area contributed by atoms with E-state index in [0.29, 0.717) is 4.99 Å². The van der Waals surface area contributed by atoms with Gasteiger partial charge in [-0.25, -0.2) is 0 Å². The molecule has 1 aromatic rings. The summed E-state index contributed by atoms with van der Waals surface area (Å²) in [5.41, 5.74) is 6.87. The molecule has 1 aliphatic rings. The lowest BCUT2D eigenvalue weighted by Crippen LogP contribution is -2.52. The van der Waals surface area contributed by atoms with Crippen molar-refractivity contribution in [2.45, 2.75) is 19.4 Å². The number of nitrogens with two attached hydrogens (primary N) is 1. The molecule has 0 spiro atoms. The lowest BCUT2D eigenvalue weighted by molar-refractivity contribution is 0.123. The third-order valence-corrected chi connectivity index (χ3v) is 4.12. The zero-order chi connectivity index (χ0) is 13.7. The third-order valence-electron chi connectivity index (χ3n) is 3.78. The van der Waals surface area contributed by atoms with Gasteiger partial charge >= 0.3 is 0 Å². The summed E-state index contributed by atoms with van der Waals surface area (Å²) in [5.74, 6) is 0. The van der Waals surface area contributed by atoms with Crippen molar-refractivity contribution < 1.29 is 0 Å². The molecule has 1 saturated heterocycles. The molecule has 2 N–H and O–H groups in total. The van der Waals surface area contributed by atoms with Gasteiger partial charge in [-0.1, -0.05) is 18.3 Å². The maximum atomic E-state index is 5.70. The summed E-state index contributed by atoms with van der Waals surface area (Å²) in [5, 5.41) is 0. The normalized spacial score (nSPS) is 19.2. The molecule has 1 atom stereocenters. The molecule has 19 heavy (non-hydrogen) atoms. The van der Waals surface area contributed by atoms with E-state index < -0.39 is 0 Å². The van der Waals surface area contributed by atoms with Crippen LogP contribution in [0.4, 0.5) is 0 Å². The highest BCUT2D eigenvalue weighted by atomic mass is 32.1. The first-order valence-corrected chi connectivity index (χ1v) is 7.23. The summed E-state index contributed by atoms with van der Waals surface area (Å²) in [6, 6.07) is 6.31. The van der Waals surface area contributed by atoms with Gasteiger partial charge < -0.3 is 10.6 Å². The largest absolute Gasteiger partial charge is 0.392 e. The Morgan fingerprint density at radius 3 is 2.68 bits per heavy atom. The molecule has 1 aromatic heterocycles. The van der Waals surface area contributed by atoms with Gasteiger partial charge in [0.2, 0.25) is 0 Å². The Kier molecular flexibility index (Phi) is 5.24. The number of nitrogens with zero attached hydrogens (tertiary/aromatic N) is 3. The van der Waals surface area contributed by atoms with Gasteiger partial charge in [0.05, 0.1) is 11.0 Å². The number of thiocarbonyl (C=S) groups is 1. The molecule has 4 nitrogen and oxygen atoms in total. The molecule has 1 unspecified atom stereocenters. The lowest BCUT2D eigenvalue weighted by atomic mass is 10.2. The van der Waals surface area contributed by atoms with Crippen LogP contribution in [0.1, 0.15) is 12.6 Å². The van der Waals surface area contributed by atoms with Crippen LogP contribution in [-0.2, 0) is 6.42 Å². The van der Waals surface area contributed by atoms with E-state index in [1.165, 1.54) is 5.69 Å². The van der Waals surface area contributed by atoms with Crippen molar-refractivity contribution in [2.75, 3.05) is 32.7 Å². The number of aromatic nitrogens is 1. The van der Waals surface area contributed by atoms with E-state index in [1.54, 1.807) is 0 Å². The topological polar surface area (TPSA) is 45.4 Å². The Hall–Kier alpha value is -1.04. The second kappa shape index (κ2) is 6.93. The average Bonchev–Trinajstić information content (AvgIpc) is 2.46. The highest BCUT2D eigenvalue weighted by Gasteiger charge is 2.22. The molecule has 2 rings (SSSR count). The monoisotopic (exact) mass is 278 g/mol. The molecule has 2 heterocycles. The van der Waals surface area contributed by atoms with Gasteiger partial charge in [-0.05, 0) is 19.1 Å². The van der Waals surface area contributed by atoms with Crippen molar-refractivity contribution in [2.24, 2.45) is 5.73 Å². The van der Waals surface area contributed by atoms with Crippen LogP contribution in [0.3, 0.4) is 0 Å². The number of hydrogen-bond acceptors (Lipinski definition) is 4. The second-order valence-electron chi connectivity index (χ2n) is 5.03. The van der Waals surface area contributed by atoms with Crippen molar-refractivity contribution in [1.82, 2.24) is 14.8 Å². The molecule has 0 aromatic carbocycles.